The van der Waals surface area contributed by atoms with Gasteiger partial charge in [-0.2, -0.15) is 0 Å². The Morgan fingerprint density at radius 1 is 1.18 bits per heavy atom. The Morgan fingerprint density at radius 2 is 1.82 bits per heavy atom. The maximum absolute atomic E-state index is 12.1. The molecule has 1 saturated carbocycles. The van der Waals surface area contributed by atoms with Gasteiger partial charge in [0.1, 0.15) is 0 Å². The van der Waals surface area contributed by atoms with Gasteiger partial charge in [-0.1, -0.05) is 38.1 Å². The van der Waals surface area contributed by atoms with Gasteiger partial charge < -0.3 is 10.4 Å². The summed E-state index contributed by atoms with van der Waals surface area (Å²) in [4.78, 5) is 12.1. The number of nitrogens with one attached hydrogen (secondary N) is 1. The Morgan fingerprint density at radius 3 is 2.36 bits per heavy atom. The van der Waals surface area contributed by atoms with Gasteiger partial charge in [-0.05, 0) is 55.1 Å². The Bertz CT molecular complexity index is 459. The standard InChI is InChI=1S/C19H29NO2/c1-14(2)17-8-3-15(4-9-17)7-12-19(22)20-18-10-5-16(13-21)6-11-18/h3-4,8-9,14,16,18,21H,5-7,10-13H2,1-2H3,(H,20,22). The number of benzene rings is 1. The van der Waals surface area contributed by atoms with Crippen LogP contribution in [0.4, 0.5) is 0 Å². The van der Waals surface area contributed by atoms with Gasteiger partial charge in [-0.15, -0.1) is 0 Å². The lowest BCUT2D eigenvalue weighted by Gasteiger charge is -2.28. The summed E-state index contributed by atoms with van der Waals surface area (Å²) in [6.07, 6.45) is 5.41. The molecular formula is C19H29NO2. The molecule has 0 atom stereocenters. The smallest absolute Gasteiger partial charge is 0.220 e. The molecule has 0 spiro atoms. The van der Waals surface area contributed by atoms with Crippen LogP contribution < -0.4 is 5.32 Å². The molecule has 0 saturated heterocycles. The lowest BCUT2D eigenvalue weighted by Crippen LogP contribution is -2.38. The first-order chi connectivity index (χ1) is 10.6. The van der Waals surface area contributed by atoms with Crippen molar-refractivity contribution < 1.29 is 9.90 Å². The highest BCUT2D eigenvalue weighted by atomic mass is 16.3. The van der Waals surface area contributed by atoms with E-state index >= 15 is 0 Å². The van der Waals surface area contributed by atoms with Gasteiger partial charge in [-0.3, -0.25) is 4.79 Å². The first kappa shape index (κ1) is 17.0. The summed E-state index contributed by atoms with van der Waals surface area (Å²) in [6, 6.07) is 8.89. The molecule has 0 aliphatic heterocycles. The topological polar surface area (TPSA) is 49.3 Å². The molecular weight excluding hydrogens is 274 g/mol. The van der Waals surface area contributed by atoms with E-state index < -0.39 is 0 Å². The van der Waals surface area contributed by atoms with Crippen molar-refractivity contribution in [3.05, 3.63) is 35.4 Å². The van der Waals surface area contributed by atoms with E-state index in [-0.39, 0.29) is 12.5 Å². The molecule has 0 aromatic heterocycles. The molecule has 0 radical (unpaired) electrons. The second-order valence-electron chi connectivity index (χ2n) is 6.86. The molecule has 22 heavy (non-hydrogen) atoms. The van der Waals surface area contributed by atoms with Crippen LogP contribution in [0.3, 0.4) is 0 Å². The number of amides is 1. The van der Waals surface area contributed by atoms with Crippen molar-refractivity contribution in [1.29, 1.82) is 0 Å². The monoisotopic (exact) mass is 303 g/mol. The third kappa shape index (κ3) is 5.13. The van der Waals surface area contributed by atoms with E-state index in [1.54, 1.807) is 0 Å². The van der Waals surface area contributed by atoms with Gasteiger partial charge in [0.2, 0.25) is 5.91 Å². The number of rotatable bonds is 6. The molecule has 1 aromatic carbocycles. The van der Waals surface area contributed by atoms with Crippen molar-refractivity contribution in [2.24, 2.45) is 5.92 Å². The van der Waals surface area contributed by atoms with Gasteiger partial charge in [0, 0.05) is 19.1 Å². The molecule has 1 aliphatic carbocycles. The van der Waals surface area contributed by atoms with Crippen molar-refractivity contribution in [3.8, 4) is 0 Å². The first-order valence-electron chi connectivity index (χ1n) is 8.57. The molecule has 0 unspecified atom stereocenters. The molecule has 3 nitrogen and oxygen atoms in total. The maximum Gasteiger partial charge on any atom is 0.220 e. The van der Waals surface area contributed by atoms with Crippen molar-refractivity contribution in [1.82, 2.24) is 5.32 Å². The third-order valence-electron chi connectivity index (χ3n) is 4.76. The van der Waals surface area contributed by atoms with E-state index in [2.05, 4.69) is 43.4 Å². The number of aliphatic hydroxyl groups excluding tert-OH is 1. The van der Waals surface area contributed by atoms with Gasteiger partial charge in [0.25, 0.3) is 0 Å². The molecule has 1 aromatic rings. The van der Waals surface area contributed by atoms with Crippen LogP contribution in [-0.4, -0.2) is 23.7 Å². The normalized spacial score (nSPS) is 21.8. The van der Waals surface area contributed by atoms with Crippen LogP contribution in [0.1, 0.15) is 63.0 Å². The number of hydrogen-bond donors (Lipinski definition) is 2. The predicted octanol–water partition coefficient (Wildman–Crippen LogP) is 3.41. The van der Waals surface area contributed by atoms with E-state index in [9.17, 15) is 4.79 Å². The minimum Gasteiger partial charge on any atom is -0.396 e. The van der Waals surface area contributed by atoms with E-state index in [0.717, 1.165) is 32.1 Å². The first-order valence-corrected chi connectivity index (χ1v) is 8.57. The minimum absolute atomic E-state index is 0.153. The van der Waals surface area contributed by atoms with Gasteiger partial charge in [-0.25, -0.2) is 0 Å². The molecule has 1 aliphatic rings. The summed E-state index contributed by atoms with van der Waals surface area (Å²) in [6.45, 7) is 4.66. The fourth-order valence-corrected chi connectivity index (χ4v) is 3.12. The van der Waals surface area contributed by atoms with Gasteiger partial charge in [0.05, 0.1) is 0 Å². The number of carbonyl (C=O) groups is 1. The largest absolute Gasteiger partial charge is 0.396 e. The second-order valence-corrected chi connectivity index (χ2v) is 6.86. The van der Waals surface area contributed by atoms with E-state index in [4.69, 9.17) is 5.11 Å². The summed E-state index contributed by atoms with van der Waals surface area (Å²) in [5, 5.41) is 12.3. The maximum atomic E-state index is 12.1. The van der Waals surface area contributed by atoms with Crippen molar-refractivity contribution in [2.75, 3.05) is 6.61 Å². The lowest BCUT2D eigenvalue weighted by atomic mass is 9.86. The number of aryl methyl sites for hydroxylation is 1. The van der Waals surface area contributed by atoms with E-state index in [1.165, 1.54) is 11.1 Å². The molecule has 2 N–H and O–H groups in total. The third-order valence-corrected chi connectivity index (χ3v) is 4.76. The highest BCUT2D eigenvalue weighted by Crippen LogP contribution is 2.23. The number of aliphatic hydroxyl groups is 1. The Labute approximate surface area is 134 Å². The summed E-state index contributed by atoms with van der Waals surface area (Å²) in [5.74, 6) is 1.14. The highest BCUT2D eigenvalue weighted by molar-refractivity contribution is 5.76. The van der Waals surface area contributed by atoms with Crippen molar-refractivity contribution in [3.63, 3.8) is 0 Å². The van der Waals surface area contributed by atoms with Gasteiger partial charge in [0.15, 0.2) is 0 Å². The number of carbonyl (C=O) groups excluding carboxylic acids is 1. The summed E-state index contributed by atoms with van der Waals surface area (Å²) in [5.41, 5.74) is 2.57. The van der Waals surface area contributed by atoms with Crippen LogP contribution in [0, 0.1) is 5.92 Å². The highest BCUT2D eigenvalue weighted by Gasteiger charge is 2.21. The van der Waals surface area contributed by atoms with Crippen LogP contribution in [0.25, 0.3) is 0 Å². The fourth-order valence-electron chi connectivity index (χ4n) is 3.12. The van der Waals surface area contributed by atoms with Crippen LogP contribution >= 0.6 is 0 Å². The molecule has 3 heteroatoms. The minimum atomic E-state index is 0.153. The average molecular weight is 303 g/mol. The molecule has 0 heterocycles. The SMILES string of the molecule is CC(C)c1ccc(CCC(=O)NC2CCC(CO)CC2)cc1. The second kappa shape index (κ2) is 8.33. The summed E-state index contributed by atoms with van der Waals surface area (Å²) >= 11 is 0. The van der Waals surface area contributed by atoms with Crippen molar-refractivity contribution in [2.45, 2.75) is 64.3 Å². The molecule has 1 fully saturated rings. The Kier molecular flexibility index (Phi) is 6.44. The predicted molar refractivity (Wildman–Crippen MR) is 89.8 cm³/mol. The van der Waals surface area contributed by atoms with E-state index in [1.807, 2.05) is 0 Å². The zero-order valence-electron chi connectivity index (χ0n) is 13.8. The summed E-state index contributed by atoms with van der Waals surface area (Å²) in [7, 11) is 0. The zero-order chi connectivity index (χ0) is 15.9. The van der Waals surface area contributed by atoms with Crippen molar-refractivity contribution >= 4 is 5.91 Å². The molecule has 122 valence electrons. The van der Waals surface area contributed by atoms with Crippen LogP contribution in [0.2, 0.25) is 0 Å². The Balaban J connectivity index is 1.71. The quantitative estimate of drug-likeness (QED) is 0.846. The fraction of sp³-hybridized carbons (Fsp3) is 0.632. The van der Waals surface area contributed by atoms with Crippen LogP contribution in [0.5, 0.6) is 0 Å². The molecule has 2 rings (SSSR count). The molecule has 0 bridgehead atoms. The number of hydrogen-bond acceptors (Lipinski definition) is 2. The average Bonchev–Trinajstić information content (AvgIpc) is 2.54. The zero-order valence-corrected chi connectivity index (χ0v) is 13.8. The molecule has 1 amide bonds. The van der Waals surface area contributed by atoms with Crippen LogP contribution in [0.15, 0.2) is 24.3 Å². The Hall–Kier alpha value is -1.35. The lowest BCUT2D eigenvalue weighted by molar-refractivity contribution is -0.122. The summed E-state index contributed by atoms with van der Waals surface area (Å²) < 4.78 is 0. The van der Waals surface area contributed by atoms with E-state index in [0.29, 0.717) is 24.3 Å². The van der Waals surface area contributed by atoms with Crippen LogP contribution in [-0.2, 0) is 11.2 Å². The van der Waals surface area contributed by atoms with Gasteiger partial charge >= 0.3 is 0 Å².